The molecule has 0 heterocycles. The molecule has 0 unspecified atom stereocenters. The van der Waals surface area contributed by atoms with Crippen LogP contribution in [0.5, 0.6) is 5.75 Å². The van der Waals surface area contributed by atoms with E-state index in [0.29, 0.717) is 31.5 Å². The largest absolute Gasteiger partial charge is 0.497 e. The Kier molecular flexibility index (Phi) is 5.21. The van der Waals surface area contributed by atoms with Gasteiger partial charge in [0.05, 0.1) is 7.11 Å². The number of benzene rings is 2. The number of nitrogens with one attached hydrogen (secondary N) is 2. The van der Waals surface area contributed by atoms with Crippen molar-refractivity contribution in [3.05, 3.63) is 59.9 Å². The lowest BCUT2D eigenvalue weighted by molar-refractivity contribution is -0.134. The van der Waals surface area contributed by atoms with Gasteiger partial charge < -0.3 is 15.4 Å². The molecule has 0 spiro atoms. The Labute approximate surface area is 151 Å². The van der Waals surface area contributed by atoms with Gasteiger partial charge in [0, 0.05) is 12.2 Å². The average molecular weight is 356 g/mol. The number of halogens is 1. The summed E-state index contributed by atoms with van der Waals surface area (Å²) in [6.07, 6.45) is 1.64. The van der Waals surface area contributed by atoms with Crippen LogP contribution in [0.3, 0.4) is 0 Å². The van der Waals surface area contributed by atoms with Crippen molar-refractivity contribution in [1.29, 1.82) is 0 Å². The van der Waals surface area contributed by atoms with Crippen molar-refractivity contribution >= 4 is 17.5 Å². The average Bonchev–Trinajstić information content (AvgIpc) is 3.44. The number of hydrogen-bond donors (Lipinski definition) is 2. The van der Waals surface area contributed by atoms with E-state index in [-0.39, 0.29) is 11.8 Å². The highest BCUT2D eigenvalue weighted by molar-refractivity contribution is 6.13. The lowest BCUT2D eigenvalue weighted by Gasteiger charge is -2.15. The molecule has 1 fully saturated rings. The summed E-state index contributed by atoms with van der Waals surface area (Å²) in [5.74, 6) is -0.339. The highest BCUT2D eigenvalue weighted by atomic mass is 19.1. The molecule has 0 aliphatic heterocycles. The summed E-state index contributed by atoms with van der Waals surface area (Å²) in [5.41, 5.74) is 0.352. The van der Waals surface area contributed by atoms with E-state index >= 15 is 0 Å². The SMILES string of the molecule is COc1cccc(CCNC(=O)C2(C(=O)Nc3cccc(F)c3)CC2)c1. The second-order valence-electron chi connectivity index (χ2n) is 6.40. The van der Waals surface area contributed by atoms with Crippen LogP contribution in [0, 0.1) is 11.2 Å². The molecule has 1 saturated carbocycles. The Hall–Kier alpha value is -2.89. The highest BCUT2D eigenvalue weighted by Crippen LogP contribution is 2.46. The molecule has 0 radical (unpaired) electrons. The first-order valence-electron chi connectivity index (χ1n) is 8.52. The summed E-state index contributed by atoms with van der Waals surface area (Å²) in [5, 5.41) is 5.47. The number of hydrogen-bond acceptors (Lipinski definition) is 3. The van der Waals surface area contributed by atoms with Gasteiger partial charge in [-0.3, -0.25) is 9.59 Å². The van der Waals surface area contributed by atoms with E-state index in [0.717, 1.165) is 11.3 Å². The number of amides is 2. The summed E-state index contributed by atoms with van der Waals surface area (Å²) in [4.78, 5) is 24.9. The van der Waals surface area contributed by atoms with Crippen molar-refractivity contribution in [3.63, 3.8) is 0 Å². The molecule has 2 aromatic rings. The summed E-state index contributed by atoms with van der Waals surface area (Å²) in [7, 11) is 1.61. The third kappa shape index (κ3) is 4.02. The van der Waals surface area contributed by atoms with Gasteiger partial charge in [0.2, 0.25) is 11.8 Å². The molecule has 2 aromatic carbocycles. The van der Waals surface area contributed by atoms with Crippen molar-refractivity contribution < 1.29 is 18.7 Å². The third-order valence-electron chi connectivity index (χ3n) is 4.54. The number of anilines is 1. The van der Waals surface area contributed by atoms with E-state index in [2.05, 4.69) is 10.6 Å². The van der Waals surface area contributed by atoms with Gasteiger partial charge >= 0.3 is 0 Å². The predicted molar refractivity (Wildman–Crippen MR) is 96.4 cm³/mol. The Morgan fingerprint density at radius 2 is 1.88 bits per heavy atom. The van der Waals surface area contributed by atoms with Gasteiger partial charge in [0.15, 0.2) is 0 Å². The van der Waals surface area contributed by atoms with Crippen LogP contribution in [0.2, 0.25) is 0 Å². The van der Waals surface area contributed by atoms with Crippen LogP contribution >= 0.6 is 0 Å². The molecule has 0 atom stereocenters. The van der Waals surface area contributed by atoms with Crippen molar-refractivity contribution in [2.45, 2.75) is 19.3 Å². The second kappa shape index (κ2) is 7.56. The van der Waals surface area contributed by atoms with E-state index in [1.54, 1.807) is 13.2 Å². The first-order valence-corrected chi connectivity index (χ1v) is 8.52. The number of carbonyl (C=O) groups is 2. The lowest BCUT2D eigenvalue weighted by atomic mass is 10.0. The Morgan fingerprint density at radius 1 is 1.12 bits per heavy atom. The molecule has 6 heteroatoms. The van der Waals surface area contributed by atoms with Crippen LogP contribution in [0.25, 0.3) is 0 Å². The Balaban J connectivity index is 1.54. The molecule has 26 heavy (non-hydrogen) atoms. The fourth-order valence-electron chi connectivity index (χ4n) is 2.82. The van der Waals surface area contributed by atoms with Gasteiger partial charge in [-0.2, -0.15) is 0 Å². The van der Waals surface area contributed by atoms with Gasteiger partial charge in [0.25, 0.3) is 0 Å². The zero-order chi connectivity index (χ0) is 18.6. The topological polar surface area (TPSA) is 67.4 Å². The molecule has 2 N–H and O–H groups in total. The van der Waals surface area contributed by atoms with Crippen LogP contribution in [0.4, 0.5) is 10.1 Å². The molecular weight excluding hydrogens is 335 g/mol. The molecule has 2 amide bonds. The maximum absolute atomic E-state index is 13.2. The standard InChI is InChI=1S/C20H21FN2O3/c1-26-17-7-2-4-14(12-17)8-11-22-18(24)20(9-10-20)19(25)23-16-6-3-5-15(21)13-16/h2-7,12-13H,8-11H2,1H3,(H,22,24)(H,23,25). The minimum Gasteiger partial charge on any atom is -0.497 e. The Bertz CT molecular complexity index is 818. The quantitative estimate of drug-likeness (QED) is 0.750. The van der Waals surface area contributed by atoms with Gasteiger partial charge in [-0.25, -0.2) is 4.39 Å². The Morgan fingerprint density at radius 3 is 2.58 bits per heavy atom. The normalized spacial score (nSPS) is 14.4. The minimum absolute atomic E-state index is 0.283. The van der Waals surface area contributed by atoms with Gasteiger partial charge in [-0.05, 0) is 55.2 Å². The van der Waals surface area contributed by atoms with Crippen LogP contribution in [0.1, 0.15) is 18.4 Å². The van der Waals surface area contributed by atoms with E-state index in [1.165, 1.54) is 18.2 Å². The first-order chi connectivity index (χ1) is 12.5. The monoisotopic (exact) mass is 356 g/mol. The zero-order valence-corrected chi connectivity index (χ0v) is 14.5. The molecular formula is C20H21FN2O3. The summed E-state index contributed by atoms with van der Waals surface area (Å²) in [6.45, 7) is 0.432. The maximum atomic E-state index is 13.2. The van der Waals surface area contributed by atoms with E-state index < -0.39 is 11.2 Å². The number of methoxy groups -OCH3 is 1. The fraction of sp³-hybridized carbons (Fsp3) is 0.300. The first kappa shape index (κ1) is 17.9. The smallest absolute Gasteiger partial charge is 0.240 e. The predicted octanol–water partition coefficient (Wildman–Crippen LogP) is 2.91. The summed E-state index contributed by atoms with van der Waals surface area (Å²) < 4.78 is 18.4. The van der Waals surface area contributed by atoms with Crippen LogP contribution in [-0.4, -0.2) is 25.5 Å². The van der Waals surface area contributed by atoms with Crippen molar-refractivity contribution in [2.75, 3.05) is 19.0 Å². The summed E-state index contributed by atoms with van der Waals surface area (Å²) in [6, 6.07) is 13.3. The third-order valence-corrected chi connectivity index (χ3v) is 4.54. The molecule has 0 aromatic heterocycles. The van der Waals surface area contributed by atoms with Crippen molar-refractivity contribution in [2.24, 2.45) is 5.41 Å². The molecule has 3 rings (SSSR count). The zero-order valence-electron chi connectivity index (χ0n) is 14.5. The number of rotatable bonds is 7. The molecule has 1 aliphatic rings. The van der Waals surface area contributed by atoms with Crippen LogP contribution in [0.15, 0.2) is 48.5 Å². The minimum atomic E-state index is -1.04. The van der Waals surface area contributed by atoms with Crippen LogP contribution < -0.4 is 15.4 Å². The molecule has 1 aliphatic carbocycles. The van der Waals surface area contributed by atoms with E-state index in [9.17, 15) is 14.0 Å². The lowest BCUT2D eigenvalue weighted by Crippen LogP contribution is -2.40. The number of ether oxygens (including phenoxy) is 1. The van der Waals surface area contributed by atoms with Gasteiger partial charge in [-0.15, -0.1) is 0 Å². The molecule has 0 bridgehead atoms. The molecule has 0 saturated heterocycles. The van der Waals surface area contributed by atoms with E-state index in [4.69, 9.17) is 4.74 Å². The van der Waals surface area contributed by atoms with Gasteiger partial charge in [-0.1, -0.05) is 18.2 Å². The fourth-order valence-corrected chi connectivity index (χ4v) is 2.82. The molecule has 136 valence electrons. The van der Waals surface area contributed by atoms with Crippen LogP contribution in [-0.2, 0) is 16.0 Å². The van der Waals surface area contributed by atoms with E-state index in [1.807, 2.05) is 24.3 Å². The van der Waals surface area contributed by atoms with Crippen molar-refractivity contribution in [3.8, 4) is 5.75 Å². The highest BCUT2D eigenvalue weighted by Gasteiger charge is 2.56. The van der Waals surface area contributed by atoms with Crippen molar-refractivity contribution in [1.82, 2.24) is 5.32 Å². The maximum Gasteiger partial charge on any atom is 0.240 e. The number of carbonyl (C=O) groups excluding carboxylic acids is 2. The summed E-state index contributed by atoms with van der Waals surface area (Å²) >= 11 is 0. The molecule has 5 nitrogen and oxygen atoms in total. The van der Waals surface area contributed by atoms with Gasteiger partial charge in [0.1, 0.15) is 17.0 Å². The second-order valence-corrected chi connectivity index (χ2v) is 6.40.